The van der Waals surface area contributed by atoms with Gasteiger partial charge in [-0.25, -0.2) is 9.97 Å². The molecule has 2 aliphatic rings. The average molecular weight is 371 g/mol. The van der Waals surface area contributed by atoms with Crippen molar-refractivity contribution >= 4 is 23.3 Å². The number of amides is 1. The number of piperazine rings is 1. The van der Waals surface area contributed by atoms with Crippen LogP contribution in [0.25, 0.3) is 11.4 Å². The number of aryl methyl sites for hydroxylation is 1. The molecule has 1 saturated heterocycles. The molecular formula is C20H23ClN4O. The lowest BCUT2D eigenvalue weighted by Gasteiger charge is -2.36. The SMILES string of the molecule is Cc1nc(-c2ccc(Cl)cc2)nc(N2CCN(C(=O)C3CC3)CC2)c1C. The quantitative estimate of drug-likeness (QED) is 0.830. The Morgan fingerprint density at radius 3 is 2.31 bits per heavy atom. The van der Waals surface area contributed by atoms with Gasteiger partial charge < -0.3 is 9.80 Å². The van der Waals surface area contributed by atoms with Crippen LogP contribution in [0.5, 0.6) is 0 Å². The number of benzene rings is 1. The molecule has 0 N–H and O–H groups in total. The largest absolute Gasteiger partial charge is 0.353 e. The van der Waals surface area contributed by atoms with Gasteiger partial charge in [0.1, 0.15) is 5.82 Å². The minimum Gasteiger partial charge on any atom is -0.353 e. The zero-order valence-corrected chi connectivity index (χ0v) is 16.0. The molecule has 0 unspecified atom stereocenters. The van der Waals surface area contributed by atoms with Crippen molar-refractivity contribution in [3.63, 3.8) is 0 Å². The van der Waals surface area contributed by atoms with Gasteiger partial charge >= 0.3 is 0 Å². The van der Waals surface area contributed by atoms with E-state index in [0.717, 1.165) is 67.5 Å². The summed E-state index contributed by atoms with van der Waals surface area (Å²) in [6.07, 6.45) is 2.13. The lowest BCUT2D eigenvalue weighted by Crippen LogP contribution is -2.49. The van der Waals surface area contributed by atoms with Gasteiger partial charge in [-0.1, -0.05) is 11.6 Å². The fraction of sp³-hybridized carbons (Fsp3) is 0.450. The van der Waals surface area contributed by atoms with Gasteiger partial charge in [-0.3, -0.25) is 4.79 Å². The van der Waals surface area contributed by atoms with E-state index in [0.29, 0.717) is 16.8 Å². The Hall–Kier alpha value is -2.14. The highest BCUT2D eigenvalue weighted by Crippen LogP contribution is 2.32. The van der Waals surface area contributed by atoms with Crippen molar-refractivity contribution in [3.8, 4) is 11.4 Å². The maximum absolute atomic E-state index is 12.3. The number of rotatable bonds is 3. The van der Waals surface area contributed by atoms with Crippen molar-refractivity contribution < 1.29 is 4.79 Å². The maximum Gasteiger partial charge on any atom is 0.225 e. The van der Waals surface area contributed by atoms with Crippen molar-refractivity contribution in [2.45, 2.75) is 26.7 Å². The Morgan fingerprint density at radius 1 is 1.04 bits per heavy atom. The predicted molar refractivity (Wildman–Crippen MR) is 103 cm³/mol. The molecule has 26 heavy (non-hydrogen) atoms. The summed E-state index contributed by atoms with van der Waals surface area (Å²) in [6.45, 7) is 7.26. The van der Waals surface area contributed by atoms with Gasteiger partial charge in [0.2, 0.25) is 5.91 Å². The van der Waals surface area contributed by atoms with Gasteiger partial charge in [0.25, 0.3) is 0 Å². The number of carbonyl (C=O) groups excluding carboxylic acids is 1. The minimum absolute atomic E-state index is 0.293. The van der Waals surface area contributed by atoms with Crippen LogP contribution >= 0.6 is 11.6 Å². The molecule has 1 aromatic heterocycles. The van der Waals surface area contributed by atoms with E-state index in [1.54, 1.807) is 0 Å². The molecule has 1 saturated carbocycles. The van der Waals surface area contributed by atoms with E-state index in [1.165, 1.54) is 0 Å². The third-order valence-corrected chi connectivity index (χ3v) is 5.54. The van der Waals surface area contributed by atoms with Crippen LogP contribution in [0.4, 0.5) is 5.82 Å². The van der Waals surface area contributed by atoms with Gasteiger partial charge in [0.05, 0.1) is 0 Å². The van der Waals surface area contributed by atoms with E-state index in [-0.39, 0.29) is 0 Å². The summed E-state index contributed by atoms with van der Waals surface area (Å²) in [6, 6.07) is 7.61. The fourth-order valence-corrected chi connectivity index (χ4v) is 3.50. The van der Waals surface area contributed by atoms with Crippen molar-refractivity contribution in [2.24, 2.45) is 5.92 Å². The second-order valence-electron chi connectivity index (χ2n) is 7.17. The van der Waals surface area contributed by atoms with Crippen LogP contribution in [0, 0.1) is 19.8 Å². The molecule has 0 bridgehead atoms. The topological polar surface area (TPSA) is 49.3 Å². The van der Waals surface area contributed by atoms with Crippen LogP contribution in [0.3, 0.4) is 0 Å². The number of nitrogens with zero attached hydrogens (tertiary/aromatic N) is 4. The number of carbonyl (C=O) groups is 1. The molecule has 0 radical (unpaired) electrons. The van der Waals surface area contributed by atoms with Gasteiger partial charge in [-0.2, -0.15) is 0 Å². The first-order chi connectivity index (χ1) is 12.5. The van der Waals surface area contributed by atoms with Crippen LogP contribution < -0.4 is 4.90 Å². The van der Waals surface area contributed by atoms with Gasteiger partial charge in [-0.05, 0) is 51.0 Å². The summed E-state index contributed by atoms with van der Waals surface area (Å²) in [5, 5.41) is 0.703. The molecule has 1 aliphatic carbocycles. The lowest BCUT2D eigenvalue weighted by atomic mass is 10.1. The highest BCUT2D eigenvalue weighted by Gasteiger charge is 2.35. The zero-order valence-electron chi connectivity index (χ0n) is 15.2. The Labute approximate surface area is 159 Å². The third kappa shape index (κ3) is 3.40. The zero-order chi connectivity index (χ0) is 18.3. The van der Waals surface area contributed by atoms with Crippen LogP contribution in [0.1, 0.15) is 24.1 Å². The summed E-state index contributed by atoms with van der Waals surface area (Å²) >= 11 is 5.99. The second kappa shape index (κ2) is 6.88. The molecule has 6 heteroatoms. The number of anilines is 1. The number of aromatic nitrogens is 2. The Bertz CT molecular complexity index is 824. The average Bonchev–Trinajstić information content (AvgIpc) is 3.49. The van der Waals surface area contributed by atoms with E-state index in [1.807, 2.05) is 36.1 Å². The highest BCUT2D eigenvalue weighted by molar-refractivity contribution is 6.30. The summed E-state index contributed by atoms with van der Waals surface area (Å²) in [5.41, 5.74) is 3.04. The van der Waals surface area contributed by atoms with E-state index < -0.39 is 0 Å². The summed E-state index contributed by atoms with van der Waals surface area (Å²) in [4.78, 5) is 26.1. The van der Waals surface area contributed by atoms with Crippen molar-refractivity contribution in [1.29, 1.82) is 0 Å². The standard InChI is InChI=1S/C20H23ClN4O/c1-13-14(2)22-18(15-5-7-17(21)8-6-15)23-19(13)24-9-11-25(12-10-24)20(26)16-3-4-16/h5-8,16H,3-4,9-12H2,1-2H3. The third-order valence-electron chi connectivity index (χ3n) is 5.28. The van der Waals surface area contributed by atoms with Crippen molar-refractivity contribution in [3.05, 3.63) is 40.5 Å². The molecule has 2 aromatic rings. The predicted octanol–water partition coefficient (Wildman–Crippen LogP) is 3.47. The van der Waals surface area contributed by atoms with Crippen LogP contribution in [0.15, 0.2) is 24.3 Å². The van der Waals surface area contributed by atoms with Gasteiger partial charge in [0, 0.05) is 53.9 Å². The summed E-state index contributed by atoms with van der Waals surface area (Å²) in [7, 11) is 0. The Kier molecular flexibility index (Phi) is 4.57. The van der Waals surface area contributed by atoms with E-state index in [2.05, 4.69) is 16.8 Å². The Morgan fingerprint density at radius 2 is 1.69 bits per heavy atom. The van der Waals surface area contributed by atoms with Crippen LogP contribution in [-0.4, -0.2) is 47.0 Å². The van der Waals surface area contributed by atoms with E-state index >= 15 is 0 Å². The number of hydrogen-bond donors (Lipinski definition) is 0. The van der Waals surface area contributed by atoms with Crippen molar-refractivity contribution in [2.75, 3.05) is 31.1 Å². The Balaban J connectivity index is 1.56. The minimum atomic E-state index is 0.293. The smallest absolute Gasteiger partial charge is 0.225 e. The van der Waals surface area contributed by atoms with E-state index in [4.69, 9.17) is 16.6 Å². The normalized spacial score (nSPS) is 17.5. The highest BCUT2D eigenvalue weighted by atomic mass is 35.5. The summed E-state index contributed by atoms with van der Waals surface area (Å²) < 4.78 is 0. The first kappa shape index (κ1) is 17.3. The van der Waals surface area contributed by atoms with Crippen LogP contribution in [-0.2, 0) is 4.79 Å². The number of hydrogen-bond acceptors (Lipinski definition) is 4. The van der Waals surface area contributed by atoms with Crippen molar-refractivity contribution in [1.82, 2.24) is 14.9 Å². The molecule has 136 valence electrons. The first-order valence-electron chi connectivity index (χ1n) is 9.18. The molecule has 1 aromatic carbocycles. The molecule has 5 nitrogen and oxygen atoms in total. The molecular weight excluding hydrogens is 348 g/mol. The van der Waals surface area contributed by atoms with Crippen LogP contribution in [0.2, 0.25) is 5.02 Å². The molecule has 0 atom stereocenters. The fourth-order valence-electron chi connectivity index (χ4n) is 3.38. The molecule has 0 spiro atoms. The molecule has 1 aliphatic heterocycles. The van der Waals surface area contributed by atoms with Gasteiger partial charge in [0.15, 0.2) is 5.82 Å². The molecule has 4 rings (SSSR count). The second-order valence-corrected chi connectivity index (χ2v) is 7.61. The first-order valence-corrected chi connectivity index (χ1v) is 9.55. The molecule has 1 amide bonds. The molecule has 2 heterocycles. The maximum atomic E-state index is 12.3. The summed E-state index contributed by atoms with van der Waals surface area (Å²) in [5.74, 6) is 2.32. The molecule has 2 fully saturated rings. The van der Waals surface area contributed by atoms with Gasteiger partial charge in [-0.15, -0.1) is 0 Å². The monoisotopic (exact) mass is 370 g/mol. The lowest BCUT2D eigenvalue weighted by molar-refractivity contribution is -0.132. The van der Waals surface area contributed by atoms with E-state index in [9.17, 15) is 4.79 Å². The number of halogens is 1.